The Morgan fingerprint density at radius 2 is 1.30 bits per heavy atom. The van der Waals surface area contributed by atoms with Crippen LogP contribution < -0.4 is 0 Å². The molecule has 23 heavy (non-hydrogen) atoms. The minimum absolute atomic E-state index is 0.248. The maximum absolute atomic E-state index is 9.63. The van der Waals surface area contributed by atoms with Gasteiger partial charge in [0.25, 0.3) is 0 Å². The van der Waals surface area contributed by atoms with Crippen molar-refractivity contribution in [2.45, 2.75) is 12.3 Å². The molecule has 1 unspecified atom stereocenters. The summed E-state index contributed by atoms with van der Waals surface area (Å²) in [4.78, 5) is 0. The topological polar surface area (TPSA) is 40.5 Å². The lowest BCUT2D eigenvalue weighted by atomic mass is 9.57. The molecular formula is C21H18O2. The van der Waals surface area contributed by atoms with Crippen molar-refractivity contribution in [3.63, 3.8) is 0 Å². The van der Waals surface area contributed by atoms with Crippen LogP contribution in [0.5, 0.6) is 11.5 Å². The third-order valence-electron chi connectivity index (χ3n) is 5.09. The minimum atomic E-state index is -0.248. The van der Waals surface area contributed by atoms with Crippen molar-refractivity contribution in [2.75, 3.05) is 0 Å². The van der Waals surface area contributed by atoms with E-state index in [0.29, 0.717) is 5.92 Å². The van der Waals surface area contributed by atoms with Crippen LogP contribution in [-0.2, 0) is 5.41 Å². The summed E-state index contributed by atoms with van der Waals surface area (Å²) in [7, 11) is 0. The quantitative estimate of drug-likeness (QED) is 0.879. The van der Waals surface area contributed by atoms with Crippen molar-refractivity contribution in [2.24, 2.45) is 5.92 Å². The summed E-state index contributed by atoms with van der Waals surface area (Å²) in [6.45, 7) is 2.23. The fourth-order valence-electron chi connectivity index (χ4n) is 3.80. The van der Waals surface area contributed by atoms with Gasteiger partial charge in [0.1, 0.15) is 11.5 Å². The highest BCUT2D eigenvalue weighted by Crippen LogP contribution is 2.53. The molecular weight excluding hydrogens is 284 g/mol. The molecule has 2 aromatic rings. The van der Waals surface area contributed by atoms with E-state index in [0.717, 1.165) is 11.1 Å². The maximum Gasteiger partial charge on any atom is 0.115 e. The Labute approximate surface area is 135 Å². The van der Waals surface area contributed by atoms with Gasteiger partial charge in [-0.25, -0.2) is 0 Å². The zero-order chi connectivity index (χ0) is 16.0. The molecule has 2 aliphatic carbocycles. The molecule has 2 aliphatic rings. The Morgan fingerprint density at radius 1 is 0.783 bits per heavy atom. The van der Waals surface area contributed by atoms with E-state index in [4.69, 9.17) is 0 Å². The number of phenols is 2. The molecule has 0 saturated heterocycles. The van der Waals surface area contributed by atoms with Gasteiger partial charge in [-0.3, -0.25) is 0 Å². The van der Waals surface area contributed by atoms with Gasteiger partial charge in [-0.15, -0.1) is 0 Å². The van der Waals surface area contributed by atoms with Crippen molar-refractivity contribution >= 4 is 0 Å². The molecule has 0 spiro atoms. The number of phenolic OH excluding ortho intramolecular Hbond substituents is 2. The standard InChI is InChI=1S/C21H18O2/c1-21(16-5-9-18(22)10-6-16,17-7-11-19(23)12-8-17)20-14-3-2-4-15(20)13-14/h2-13,20,22-23H,1H3. The highest BCUT2D eigenvalue weighted by atomic mass is 16.3. The average Bonchev–Trinajstić information content (AvgIpc) is 2.56. The normalized spacial score (nSPS) is 18.9. The molecule has 0 fully saturated rings. The Balaban J connectivity index is 1.89. The number of fused-ring (bicyclic) bond motifs is 2. The van der Waals surface area contributed by atoms with Crippen molar-refractivity contribution in [1.82, 2.24) is 0 Å². The summed E-state index contributed by atoms with van der Waals surface area (Å²) < 4.78 is 0. The Hall–Kier alpha value is -2.74. The van der Waals surface area contributed by atoms with E-state index in [1.54, 1.807) is 24.3 Å². The second-order valence-corrected chi connectivity index (χ2v) is 6.40. The van der Waals surface area contributed by atoms with Crippen LogP contribution in [0.25, 0.3) is 0 Å². The van der Waals surface area contributed by atoms with Crippen molar-refractivity contribution in [1.29, 1.82) is 0 Å². The van der Waals surface area contributed by atoms with Crippen LogP contribution in [0.15, 0.2) is 84.0 Å². The van der Waals surface area contributed by atoms with E-state index in [-0.39, 0.29) is 16.9 Å². The lowest BCUT2D eigenvalue weighted by Crippen LogP contribution is -2.39. The smallest absolute Gasteiger partial charge is 0.115 e. The first-order valence-corrected chi connectivity index (χ1v) is 7.78. The van der Waals surface area contributed by atoms with Gasteiger partial charge in [0.2, 0.25) is 0 Å². The number of hydrogen-bond acceptors (Lipinski definition) is 2. The number of rotatable bonds is 3. The summed E-state index contributed by atoms with van der Waals surface area (Å²) >= 11 is 0. The van der Waals surface area contributed by atoms with Crippen LogP contribution in [0.2, 0.25) is 0 Å². The summed E-state index contributed by atoms with van der Waals surface area (Å²) in [6, 6.07) is 14.9. The van der Waals surface area contributed by atoms with Crippen molar-refractivity contribution < 1.29 is 10.2 Å². The van der Waals surface area contributed by atoms with Crippen LogP contribution in [0.1, 0.15) is 18.1 Å². The van der Waals surface area contributed by atoms with Crippen LogP contribution in [0.4, 0.5) is 0 Å². The largest absolute Gasteiger partial charge is 0.508 e. The van der Waals surface area contributed by atoms with Gasteiger partial charge in [-0.2, -0.15) is 0 Å². The molecule has 2 heteroatoms. The van der Waals surface area contributed by atoms with Gasteiger partial charge in [-0.1, -0.05) is 55.5 Å². The fourth-order valence-corrected chi connectivity index (χ4v) is 3.80. The van der Waals surface area contributed by atoms with Gasteiger partial charge in [0.05, 0.1) is 0 Å². The van der Waals surface area contributed by atoms with Gasteiger partial charge < -0.3 is 10.2 Å². The highest BCUT2D eigenvalue weighted by Gasteiger charge is 2.45. The molecule has 0 heterocycles. The van der Waals surface area contributed by atoms with Gasteiger partial charge in [0, 0.05) is 11.3 Å². The first-order chi connectivity index (χ1) is 11.1. The maximum atomic E-state index is 9.63. The molecule has 2 bridgehead atoms. The van der Waals surface area contributed by atoms with E-state index in [2.05, 4.69) is 31.2 Å². The molecule has 0 aromatic heterocycles. The number of allylic oxidation sites excluding steroid dienone is 6. The van der Waals surface area contributed by atoms with Crippen LogP contribution in [-0.4, -0.2) is 10.2 Å². The predicted octanol–water partition coefficient (Wildman–Crippen LogP) is 4.46. The van der Waals surface area contributed by atoms with Gasteiger partial charge in [-0.05, 0) is 46.5 Å². The molecule has 2 nitrogen and oxygen atoms in total. The van der Waals surface area contributed by atoms with Crippen LogP contribution >= 0.6 is 0 Å². The second kappa shape index (κ2) is 4.88. The summed E-state index contributed by atoms with van der Waals surface area (Å²) in [6.07, 6.45) is 8.65. The number of benzene rings is 2. The lowest BCUT2D eigenvalue weighted by Gasteiger charge is -2.46. The molecule has 0 aliphatic heterocycles. The first kappa shape index (κ1) is 13.9. The Bertz CT molecular complexity index is 779. The molecule has 2 N–H and O–H groups in total. The molecule has 1 atom stereocenters. The van der Waals surface area contributed by atoms with Gasteiger partial charge >= 0.3 is 0 Å². The summed E-state index contributed by atoms with van der Waals surface area (Å²) in [5.41, 5.74) is 4.70. The van der Waals surface area contributed by atoms with Crippen molar-refractivity contribution in [3.05, 3.63) is 95.1 Å². The van der Waals surface area contributed by atoms with E-state index in [1.165, 1.54) is 11.1 Å². The fraction of sp³-hybridized carbons (Fsp3) is 0.143. The number of hydrogen-bond donors (Lipinski definition) is 2. The highest BCUT2D eigenvalue weighted by molar-refractivity contribution is 5.61. The predicted molar refractivity (Wildman–Crippen MR) is 91.5 cm³/mol. The zero-order valence-corrected chi connectivity index (χ0v) is 12.9. The zero-order valence-electron chi connectivity index (χ0n) is 12.9. The molecule has 114 valence electrons. The van der Waals surface area contributed by atoms with E-state index in [1.807, 2.05) is 24.3 Å². The third-order valence-corrected chi connectivity index (χ3v) is 5.09. The molecule has 4 rings (SSSR count). The van der Waals surface area contributed by atoms with Gasteiger partial charge in [0.15, 0.2) is 0 Å². The number of aromatic hydroxyl groups is 2. The average molecular weight is 302 g/mol. The second-order valence-electron chi connectivity index (χ2n) is 6.40. The molecule has 2 aromatic carbocycles. The van der Waals surface area contributed by atoms with E-state index in [9.17, 15) is 10.2 Å². The minimum Gasteiger partial charge on any atom is -0.508 e. The Kier molecular flexibility index (Phi) is 2.95. The summed E-state index contributed by atoms with van der Waals surface area (Å²) in [5.74, 6) is 0.837. The molecule has 0 saturated carbocycles. The first-order valence-electron chi connectivity index (χ1n) is 7.78. The molecule has 0 radical (unpaired) electrons. The van der Waals surface area contributed by atoms with Crippen molar-refractivity contribution in [3.8, 4) is 11.5 Å². The summed E-state index contributed by atoms with van der Waals surface area (Å²) in [5, 5.41) is 19.3. The molecule has 0 amide bonds. The SMILES string of the molecule is CC(c1ccc(O)cc1)(c1ccc(O)cc1)C1c2cccc1c2. The lowest BCUT2D eigenvalue weighted by molar-refractivity contribution is 0.432. The third kappa shape index (κ3) is 2.02. The van der Waals surface area contributed by atoms with E-state index >= 15 is 0 Å². The Morgan fingerprint density at radius 3 is 1.70 bits per heavy atom. The monoisotopic (exact) mass is 302 g/mol. The van der Waals surface area contributed by atoms with Crippen LogP contribution in [0.3, 0.4) is 0 Å². The van der Waals surface area contributed by atoms with Crippen LogP contribution in [0, 0.1) is 5.92 Å². The van der Waals surface area contributed by atoms with E-state index < -0.39 is 0 Å².